The first kappa shape index (κ1) is 18.5. The van der Waals surface area contributed by atoms with Crippen LogP contribution in [0, 0.1) is 29.1 Å². The number of nitrogens with one attached hydrogen (secondary N) is 1. The van der Waals surface area contributed by atoms with Crippen LogP contribution in [0.5, 0.6) is 0 Å². The number of halogens is 3. The van der Waals surface area contributed by atoms with Crippen LogP contribution in [-0.4, -0.2) is 30.7 Å². The van der Waals surface area contributed by atoms with Crippen molar-refractivity contribution in [2.24, 2.45) is 29.1 Å². The molecule has 3 fully saturated rings. The maximum Gasteiger partial charge on any atom is 0.392 e. The fourth-order valence-electron chi connectivity index (χ4n) is 5.64. The van der Waals surface area contributed by atoms with Gasteiger partial charge in [-0.2, -0.15) is 13.2 Å². The molecule has 4 nitrogen and oxygen atoms in total. The Labute approximate surface area is 145 Å². The van der Waals surface area contributed by atoms with Crippen molar-refractivity contribution in [2.45, 2.75) is 64.6 Å². The van der Waals surface area contributed by atoms with Crippen molar-refractivity contribution in [3.8, 4) is 0 Å². The van der Waals surface area contributed by atoms with Crippen molar-refractivity contribution in [1.82, 2.24) is 5.32 Å². The Kier molecular flexibility index (Phi) is 4.79. The van der Waals surface area contributed by atoms with Gasteiger partial charge in [-0.15, -0.1) is 0 Å². The normalized spacial score (nSPS) is 41.3. The van der Waals surface area contributed by atoms with Crippen LogP contribution in [0.4, 0.5) is 13.2 Å². The van der Waals surface area contributed by atoms with E-state index in [-0.39, 0.29) is 42.2 Å². The van der Waals surface area contributed by atoms with Gasteiger partial charge < -0.3 is 10.1 Å². The topological polar surface area (TPSA) is 55.4 Å². The van der Waals surface area contributed by atoms with E-state index in [4.69, 9.17) is 4.74 Å². The van der Waals surface area contributed by atoms with Gasteiger partial charge in [0, 0.05) is 12.5 Å². The van der Waals surface area contributed by atoms with Gasteiger partial charge in [0.2, 0.25) is 5.91 Å². The molecule has 0 bridgehead atoms. The molecule has 0 radical (unpaired) electrons. The Bertz CT molecular complexity index is 550. The molecule has 0 aromatic carbocycles. The van der Waals surface area contributed by atoms with E-state index in [2.05, 4.69) is 12.2 Å². The van der Waals surface area contributed by atoms with Crippen molar-refractivity contribution < 1.29 is 27.5 Å². The van der Waals surface area contributed by atoms with E-state index in [1.165, 1.54) is 0 Å². The van der Waals surface area contributed by atoms with Crippen molar-refractivity contribution in [3.63, 3.8) is 0 Å². The van der Waals surface area contributed by atoms with E-state index in [1.54, 1.807) is 6.92 Å². The van der Waals surface area contributed by atoms with Gasteiger partial charge in [0.25, 0.3) is 0 Å². The van der Waals surface area contributed by atoms with Gasteiger partial charge in [-0.05, 0) is 56.3 Å². The lowest BCUT2D eigenvalue weighted by molar-refractivity contribution is -0.224. The second-order valence-electron chi connectivity index (χ2n) is 7.98. The lowest BCUT2D eigenvalue weighted by Crippen LogP contribution is -2.61. The van der Waals surface area contributed by atoms with Crippen molar-refractivity contribution in [1.29, 1.82) is 0 Å². The van der Waals surface area contributed by atoms with E-state index in [0.29, 0.717) is 32.1 Å². The summed E-state index contributed by atoms with van der Waals surface area (Å²) in [5, 5.41) is 3.03. The molecule has 3 aliphatic rings. The number of carbonyl (C=O) groups is 2. The number of piperidine rings is 1. The van der Waals surface area contributed by atoms with Crippen LogP contribution >= 0.6 is 0 Å². The van der Waals surface area contributed by atoms with Crippen LogP contribution < -0.4 is 5.32 Å². The molecule has 0 aromatic heterocycles. The molecule has 7 heteroatoms. The Balaban J connectivity index is 1.91. The Hall–Kier alpha value is -1.27. The fourth-order valence-corrected chi connectivity index (χ4v) is 5.64. The smallest absolute Gasteiger partial charge is 0.392 e. The number of rotatable bonds is 2. The van der Waals surface area contributed by atoms with Crippen LogP contribution in [0.1, 0.15) is 52.4 Å². The molecule has 1 aliphatic heterocycles. The van der Waals surface area contributed by atoms with Crippen molar-refractivity contribution >= 4 is 11.9 Å². The molecule has 0 aromatic rings. The molecule has 0 spiro atoms. The predicted octanol–water partition coefficient (Wildman–Crippen LogP) is 3.45. The molecule has 2 aliphatic carbocycles. The minimum atomic E-state index is -4.39. The number of hydrogen-bond donors (Lipinski definition) is 1. The van der Waals surface area contributed by atoms with Gasteiger partial charge in [-0.25, -0.2) is 0 Å². The molecule has 3 rings (SSSR count). The first-order chi connectivity index (χ1) is 11.7. The summed E-state index contributed by atoms with van der Waals surface area (Å²) in [6, 6.07) is 0.000261. The van der Waals surface area contributed by atoms with Crippen LogP contribution in [0.25, 0.3) is 0 Å². The predicted molar refractivity (Wildman–Crippen MR) is 84.4 cm³/mol. The van der Waals surface area contributed by atoms with Crippen molar-refractivity contribution in [3.05, 3.63) is 0 Å². The van der Waals surface area contributed by atoms with Crippen molar-refractivity contribution in [2.75, 3.05) is 6.61 Å². The number of fused-ring (bicyclic) bond motifs is 3. The van der Waals surface area contributed by atoms with Gasteiger partial charge in [-0.1, -0.05) is 6.92 Å². The van der Waals surface area contributed by atoms with Crippen LogP contribution in [-0.2, 0) is 14.3 Å². The average Bonchev–Trinajstić information content (AvgIpc) is 2.54. The summed E-state index contributed by atoms with van der Waals surface area (Å²) < 4.78 is 45.7. The van der Waals surface area contributed by atoms with Gasteiger partial charge in [0.1, 0.15) is 0 Å². The number of hydrogen-bond acceptors (Lipinski definition) is 3. The molecular weight excluding hydrogens is 335 g/mol. The summed E-state index contributed by atoms with van der Waals surface area (Å²) in [7, 11) is 0. The first-order valence-electron chi connectivity index (χ1n) is 9.21. The fraction of sp³-hybridized carbons (Fsp3) is 0.889. The molecule has 142 valence electrons. The lowest BCUT2D eigenvalue weighted by atomic mass is 9.50. The minimum Gasteiger partial charge on any atom is -0.466 e. The van der Waals surface area contributed by atoms with Gasteiger partial charge >= 0.3 is 12.1 Å². The quantitative estimate of drug-likeness (QED) is 0.767. The van der Waals surface area contributed by atoms with Crippen LogP contribution in [0.3, 0.4) is 0 Å². The van der Waals surface area contributed by atoms with E-state index in [1.807, 2.05) is 0 Å². The highest BCUT2D eigenvalue weighted by molar-refractivity contribution is 5.77. The SMILES string of the molecule is CCOC(=O)[C@H]1[C@@H]2CC[C@H]3NC(=O)CC[C@]3(C)C2CC[C@@H]1C(F)(F)F. The molecule has 2 saturated carbocycles. The van der Waals surface area contributed by atoms with Crippen LogP contribution in [0.2, 0.25) is 0 Å². The highest BCUT2D eigenvalue weighted by Crippen LogP contribution is 2.59. The molecule has 25 heavy (non-hydrogen) atoms. The molecule has 1 saturated heterocycles. The average molecular weight is 361 g/mol. The van der Waals surface area contributed by atoms with E-state index in [9.17, 15) is 22.8 Å². The Morgan fingerprint density at radius 3 is 2.64 bits per heavy atom. The third kappa shape index (κ3) is 3.14. The highest BCUT2D eigenvalue weighted by atomic mass is 19.4. The van der Waals surface area contributed by atoms with E-state index >= 15 is 0 Å². The molecular formula is C18H26F3NO3. The third-order valence-corrected chi connectivity index (χ3v) is 6.84. The Morgan fingerprint density at radius 2 is 2.00 bits per heavy atom. The van der Waals surface area contributed by atoms with E-state index in [0.717, 1.165) is 0 Å². The number of ether oxygens (including phenoxy) is 1. The summed E-state index contributed by atoms with van der Waals surface area (Å²) in [5.41, 5.74) is -0.238. The molecule has 6 atom stereocenters. The monoisotopic (exact) mass is 361 g/mol. The zero-order valence-electron chi connectivity index (χ0n) is 14.7. The molecule has 1 unspecified atom stereocenters. The maximum absolute atomic E-state index is 13.6. The lowest BCUT2D eigenvalue weighted by Gasteiger charge is -2.57. The molecule has 1 heterocycles. The molecule has 1 amide bonds. The second-order valence-corrected chi connectivity index (χ2v) is 7.98. The van der Waals surface area contributed by atoms with E-state index < -0.39 is 24.0 Å². The third-order valence-electron chi connectivity index (χ3n) is 6.84. The summed E-state index contributed by atoms with van der Waals surface area (Å²) in [6.07, 6.45) is -1.73. The van der Waals surface area contributed by atoms with Gasteiger partial charge in [-0.3, -0.25) is 9.59 Å². The summed E-state index contributed by atoms with van der Waals surface area (Å²) in [4.78, 5) is 24.2. The largest absolute Gasteiger partial charge is 0.466 e. The number of carbonyl (C=O) groups excluding carboxylic acids is 2. The summed E-state index contributed by atoms with van der Waals surface area (Å²) in [6.45, 7) is 3.78. The zero-order chi connectivity index (χ0) is 18.4. The Morgan fingerprint density at radius 1 is 1.28 bits per heavy atom. The summed E-state index contributed by atoms with van der Waals surface area (Å²) in [5.74, 6) is -3.73. The van der Waals surface area contributed by atoms with Gasteiger partial charge in [0.05, 0.1) is 18.4 Å². The van der Waals surface area contributed by atoms with Gasteiger partial charge in [0.15, 0.2) is 0 Å². The highest BCUT2D eigenvalue weighted by Gasteiger charge is 2.60. The summed E-state index contributed by atoms with van der Waals surface area (Å²) >= 11 is 0. The number of esters is 1. The zero-order valence-corrected chi connectivity index (χ0v) is 14.7. The standard InChI is InChI=1S/C18H26F3NO3/c1-3-25-16(24)15-10-4-7-13-17(2,9-8-14(23)22-13)11(10)5-6-12(15)18(19,20)21/h10-13,15H,3-9H2,1-2H3,(H,22,23)/t10-,11?,12+,13-,15+,17-/m1/s1. The second kappa shape index (κ2) is 6.47. The first-order valence-corrected chi connectivity index (χ1v) is 9.21. The number of amides is 1. The molecule has 1 N–H and O–H groups in total. The minimum absolute atomic E-state index is 0.000261. The van der Waals surface area contributed by atoms with Crippen LogP contribution in [0.15, 0.2) is 0 Å². The maximum atomic E-state index is 13.6. The number of alkyl halides is 3.